The van der Waals surface area contributed by atoms with Crippen LogP contribution in [0.2, 0.25) is 0 Å². The summed E-state index contributed by atoms with van der Waals surface area (Å²) in [5.41, 5.74) is 4.75. The summed E-state index contributed by atoms with van der Waals surface area (Å²) in [5, 5.41) is 2.43. The number of hydrogen-bond donors (Lipinski definition) is 0. The lowest BCUT2D eigenvalue weighted by Crippen LogP contribution is -2.08. The van der Waals surface area contributed by atoms with Crippen LogP contribution in [0.3, 0.4) is 0 Å². The van der Waals surface area contributed by atoms with Gasteiger partial charge in [-0.1, -0.05) is 106 Å². The highest BCUT2D eigenvalue weighted by atomic mass is 16.5. The topological polar surface area (TPSA) is 47.9 Å². The predicted molar refractivity (Wildman–Crippen MR) is 182 cm³/mol. The lowest BCUT2D eigenvalue weighted by molar-refractivity contribution is 0.0735. The summed E-state index contributed by atoms with van der Waals surface area (Å²) in [6.45, 7) is 5.09. The minimum absolute atomic E-state index is 0.0164. The third-order valence-electron chi connectivity index (χ3n) is 7.89. The Labute approximate surface area is 261 Å². The first kappa shape index (κ1) is 30.7. The van der Waals surface area contributed by atoms with E-state index in [0.717, 1.165) is 35.5 Å². The molecule has 0 aliphatic heterocycles. The maximum Gasteiger partial charge on any atom is 0.343 e. The molecule has 0 unspecified atom stereocenters. The molecule has 0 N–H and O–H groups in total. The van der Waals surface area contributed by atoms with Crippen molar-refractivity contribution in [1.29, 1.82) is 0 Å². The maximum atomic E-state index is 12.8. The van der Waals surface area contributed by atoms with Crippen LogP contribution in [0.4, 0.5) is 0 Å². The van der Waals surface area contributed by atoms with Gasteiger partial charge in [0.05, 0.1) is 18.2 Å². The first-order valence-corrected chi connectivity index (χ1v) is 15.8. The second-order valence-electron chi connectivity index (χ2n) is 11.2. The Balaban J connectivity index is 1.11. The Bertz CT molecular complexity index is 1650. The van der Waals surface area contributed by atoms with Crippen LogP contribution >= 0.6 is 0 Å². The molecule has 1 atom stereocenters. The Hall–Kier alpha value is -4.70. The molecule has 5 aromatic rings. The molecular formula is C40H41NO3. The van der Waals surface area contributed by atoms with E-state index in [1.165, 1.54) is 48.4 Å². The average molecular weight is 584 g/mol. The molecule has 4 heteroatoms. The summed E-state index contributed by atoms with van der Waals surface area (Å²) in [4.78, 5) is 17.6. The third kappa shape index (κ3) is 8.44. The Kier molecular flexibility index (Phi) is 11.0. The summed E-state index contributed by atoms with van der Waals surface area (Å²) in [7, 11) is 0. The molecular weight excluding hydrogens is 542 g/mol. The number of ether oxygens (including phenoxy) is 2. The van der Waals surface area contributed by atoms with E-state index in [9.17, 15) is 4.79 Å². The van der Waals surface area contributed by atoms with Crippen molar-refractivity contribution in [3.05, 3.63) is 132 Å². The molecule has 5 aromatic carbocycles. The largest absolute Gasteiger partial charge is 0.494 e. The van der Waals surface area contributed by atoms with Crippen molar-refractivity contribution in [2.24, 2.45) is 4.99 Å². The van der Waals surface area contributed by atoms with Crippen LogP contribution in [-0.4, -0.2) is 18.8 Å². The molecule has 0 amide bonds. The van der Waals surface area contributed by atoms with E-state index in [1.807, 2.05) is 42.6 Å². The van der Waals surface area contributed by atoms with E-state index in [-0.39, 0.29) is 12.0 Å². The second kappa shape index (κ2) is 15.7. The van der Waals surface area contributed by atoms with Gasteiger partial charge < -0.3 is 9.47 Å². The normalized spacial score (nSPS) is 12.0. The zero-order chi connectivity index (χ0) is 30.6. The highest BCUT2D eigenvalue weighted by Crippen LogP contribution is 2.27. The predicted octanol–water partition coefficient (Wildman–Crippen LogP) is 10.6. The van der Waals surface area contributed by atoms with E-state index in [2.05, 4.69) is 68.4 Å². The van der Waals surface area contributed by atoms with Crippen molar-refractivity contribution >= 4 is 23.0 Å². The number of rotatable bonds is 14. The van der Waals surface area contributed by atoms with Crippen LogP contribution in [-0.2, 0) is 0 Å². The summed E-state index contributed by atoms with van der Waals surface area (Å²) < 4.78 is 11.5. The van der Waals surface area contributed by atoms with Crippen molar-refractivity contribution in [3.8, 4) is 22.6 Å². The number of benzene rings is 5. The molecule has 224 valence electrons. The second-order valence-corrected chi connectivity index (χ2v) is 11.2. The van der Waals surface area contributed by atoms with Gasteiger partial charge in [-0.3, -0.25) is 4.99 Å². The van der Waals surface area contributed by atoms with E-state index >= 15 is 0 Å². The van der Waals surface area contributed by atoms with Gasteiger partial charge in [-0.15, -0.1) is 0 Å². The number of carbonyl (C=O) groups is 1. The minimum Gasteiger partial charge on any atom is -0.494 e. The Morgan fingerprint density at radius 3 is 2.09 bits per heavy atom. The number of unbranched alkanes of at least 4 members (excludes halogenated alkanes) is 5. The number of esters is 1. The van der Waals surface area contributed by atoms with Crippen molar-refractivity contribution in [2.75, 3.05) is 6.61 Å². The maximum absolute atomic E-state index is 12.8. The van der Waals surface area contributed by atoms with E-state index in [4.69, 9.17) is 14.5 Å². The molecule has 0 aromatic heterocycles. The van der Waals surface area contributed by atoms with Gasteiger partial charge in [-0.05, 0) is 94.9 Å². The number of aliphatic imine (C=N–C) groups is 1. The standard InChI is InChI=1S/C40H41NO3/c1-3-4-5-6-7-10-28-43-36-26-22-33(23-27-36)32-18-20-35(21-19-32)40(42)44-37-24-16-31(17-25-37)29-41-30(2)38-15-11-13-34-12-8-9-14-39(34)38/h8-9,11-27,29-30H,3-7,10,28H2,1-2H3/t30-/m1/s1. The van der Waals surface area contributed by atoms with Gasteiger partial charge in [-0.2, -0.15) is 0 Å². The molecule has 0 aliphatic rings. The van der Waals surface area contributed by atoms with Gasteiger partial charge in [0.15, 0.2) is 0 Å². The number of fused-ring (bicyclic) bond motifs is 1. The van der Waals surface area contributed by atoms with Gasteiger partial charge in [0.2, 0.25) is 0 Å². The van der Waals surface area contributed by atoms with Crippen LogP contribution in [0.5, 0.6) is 11.5 Å². The SMILES string of the molecule is CCCCCCCCOc1ccc(-c2ccc(C(=O)Oc3ccc(C=N[C@H](C)c4cccc5ccccc45)cc3)cc2)cc1. The highest BCUT2D eigenvalue weighted by Gasteiger charge is 2.10. The number of hydrogen-bond acceptors (Lipinski definition) is 4. The Morgan fingerprint density at radius 2 is 1.34 bits per heavy atom. The van der Waals surface area contributed by atoms with E-state index in [1.54, 1.807) is 24.3 Å². The van der Waals surface area contributed by atoms with Gasteiger partial charge in [-0.25, -0.2) is 4.79 Å². The molecule has 0 saturated carbocycles. The first-order chi connectivity index (χ1) is 21.6. The molecule has 0 bridgehead atoms. The fourth-order valence-electron chi connectivity index (χ4n) is 5.30. The van der Waals surface area contributed by atoms with E-state index < -0.39 is 0 Å². The Morgan fingerprint density at radius 1 is 0.705 bits per heavy atom. The third-order valence-corrected chi connectivity index (χ3v) is 7.89. The molecule has 0 radical (unpaired) electrons. The molecule has 0 spiro atoms. The van der Waals surface area contributed by atoms with Crippen molar-refractivity contribution in [3.63, 3.8) is 0 Å². The van der Waals surface area contributed by atoms with Crippen molar-refractivity contribution < 1.29 is 14.3 Å². The monoisotopic (exact) mass is 583 g/mol. The van der Waals surface area contributed by atoms with Crippen LogP contribution in [0.25, 0.3) is 21.9 Å². The summed E-state index contributed by atoms with van der Waals surface area (Å²) in [6.07, 6.45) is 9.38. The molecule has 44 heavy (non-hydrogen) atoms. The van der Waals surface area contributed by atoms with Crippen LogP contribution < -0.4 is 9.47 Å². The van der Waals surface area contributed by atoms with Crippen LogP contribution in [0.1, 0.15) is 79.9 Å². The number of nitrogens with zero attached hydrogens (tertiary/aromatic N) is 1. The highest BCUT2D eigenvalue weighted by molar-refractivity contribution is 5.92. The van der Waals surface area contributed by atoms with Crippen molar-refractivity contribution in [2.45, 2.75) is 58.4 Å². The fraction of sp³-hybridized carbons (Fsp3) is 0.250. The minimum atomic E-state index is -0.388. The summed E-state index contributed by atoms with van der Waals surface area (Å²) in [5.74, 6) is 0.995. The quantitative estimate of drug-likeness (QED) is 0.0565. The molecule has 0 fully saturated rings. The molecule has 4 nitrogen and oxygen atoms in total. The fourth-order valence-corrected chi connectivity index (χ4v) is 5.30. The smallest absolute Gasteiger partial charge is 0.343 e. The average Bonchev–Trinajstić information content (AvgIpc) is 3.07. The van der Waals surface area contributed by atoms with Gasteiger partial charge in [0.1, 0.15) is 11.5 Å². The summed E-state index contributed by atoms with van der Waals surface area (Å²) >= 11 is 0. The van der Waals surface area contributed by atoms with Gasteiger partial charge in [0.25, 0.3) is 0 Å². The molecule has 0 saturated heterocycles. The molecule has 0 aliphatic carbocycles. The van der Waals surface area contributed by atoms with Gasteiger partial charge in [0, 0.05) is 6.21 Å². The first-order valence-electron chi connectivity index (χ1n) is 15.8. The lowest BCUT2D eigenvalue weighted by atomic mass is 10.00. The van der Waals surface area contributed by atoms with Crippen LogP contribution in [0, 0.1) is 0 Å². The van der Waals surface area contributed by atoms with Gasteiger partial charge >= 0.3 is 5.97 Å². The number of carbonyl (C=O) groups excluding carboxylic acids is 1. The molecule has 5 rings (SSSR count). The zero-order valence-electron chi connectivity index (χ0n) is 25.7. The van der Waals surface area contributed by atoms with E-state index in [0.29, 0.717) is 11.3 Å². The lowest BCUT2D eigenvalue weighted by Gasteiger charge is -2.10. The van der Waals surface area contributed by atoms with Crippen molar-refractivity contribution in [1.82, 2.24) is 0 Å². The van der Waals surface area contributed by atoms with Crippen LogP contribution in [0.15, 0.2) is 120 Å². The zero-order valence-corrected chi connectivity index (χ0v) is 25.7. The molecule has 0 heterocycles. The summed E-state index contributed by atoms with van der Waals surface area (Å²) in [6, 6.07) is 37.7.